The number of carbonyl (C=O) groups is 2. The number of amides is 1. The van der Waals surface area contributed by atoms with Crippen LogP contribution in [0.2, 0.25) is 0 Å². The zero-order chi connectivity index (χ0) is 13.9. The zero-order valence-electron chi connectivity index (χ0n) is 10.6. The van der Waals surface area contributed by atoms with Crippen molar-refractivity contribution in [2.45, 2.75) is 26.8 Å². The summed E-state index contributed by atoms with van der Waals surface area (Å²) >= 11 is 0. The first-order chi connectivity index (χ1) is 8.21. The third-order valence-corrected chi connectivity index (χ3v) is 2.47. The van der Waals surface area contributed by atoms with E-state index in [1.165, 1.54) is 18.5 Å². The van der Waals surface area contributed by atoms with Gasteiger partial charge in [-0.2, -0.15) is 0 Å². The van der Waals surface area contributed by atoms with E-state index in [2.05, 4.69) is 10.3 Å². The number of pyridine rings is 1. The Balaban J connectivity index is 2.82. The van der Waals surface area contributed by atoms with Crippen molar-refractivity contribution in [1.29, 1.82) is 0 Å². The van der Waals surface area contributed by atoms with Gasteiger partial charge in [-0.05, 0) is 11.5 Å². The molecule has 0 aliphatic heterocycles. The van der Waals surface area contributed by atoms with Crippen LogP contribution in [0, 0.1) is 5.41 Å². The van der Waals surface area contributed by atoms with Crippen LogP contribution in [0.15, 0.2) is 18.5 Å². The highest BCUT2D eigenvalue weighted by Crippen LogP contribution is 2.19. The van der Waals surface area contributed by atoms with Crippen molar-refractivity contribution in [3.05, 3.63) is 24.0 Å². The van der Waals surface area contributed by atoms with Crippen molar-refractivity contribution in [2.75, 3.05) is 5.32 Å². The normalized spacial score (nSPS) is 12.9. The number of carbonyl (C=O) groups excluding carboxylic acids is 1. The summed E-state index contributed by atoms with van der Waals surface area (Å²) in [5, 5.41) is 11.4. The Bertz CT molecular complexity index is 466. The minimum atomic E-state index is -1.10. The van der Waals surface area contributed by atoms with Gasteiger partial charge in [0.25, 0.3) is 0 Å². The van der Waals surface area contributed by atoms with Gasteiger partial charge in [0.15, 0.2) is 0 Å². The van der Waals surface area contributed by atoms with Gasteiger partial charge in [0.05, 0.1) is 23.5 Å². The molecular formula is C12H17N3O3. The van der Waals surface area contributed by atoms with E-state index in [9.17, 15) is 9.59 Å². The molecule has 0 aromatic carbocycles. The molecule has 0 spiro atoms. The van der Waals surface area contributed by atoms with E-state index in [0.717, 1.165) is 0 Å². The van der Waals surface area contributed by atoms with Crippen LogP contribution >= 0.6 is 0 Å². The fraction of sp³-hybridized carbons (Fsp3) is 0.417. The highest BCUT2D eigenvalue weighted by atomic mass is 16.4. The lowest BCUT2D eigenvalue weighted by molar-refractivity contribution is -0.119. The maximum absolute atomic E-state index is 11.8. The quantitative estimate of drug-likeness (QED) is 0.745. The monoisotopic (exact) mass is 251 g/mol. The predicted molar refractivity (Wildman–Crippen MR) is 67.3 cm³/mol. The number of aromatic nitrogens is 1. The number of nitrogens with zero attached hydrogens (tertiary/aromatic N) is 1. The van der Waals surface area contributed by atoms with Crippen molar-refractivity contribution in [2.24, 2.45) is 11.1 Å². The largest absolute Gasteiger partial charge is 0.478 e. The summed E-state index contributed by atoms with van der Waals surface area (Å²) in [5.41, 5.74) is 5.75. The van der Waals surface area contributed by atoms with Gasteiger partial charge >= 0.3 is 5.97 Å². The van der Waals surface area contributed by atoms with Gasteiger partial charge in [0, 0.05) is 6.20 Å². The summed E-state index contributed by atoms with van der Waals surface area (Å²) in [6, 6.07) is 0.647. The fourth-order valence-electron chi connectivity index (χ4n) is 1.24. The van der Waals surface area contributed by atoms with E-state index in [1.807, 2.05) is 20.8 Å². The van der Waals surface area contributed by atoms with Crippen LogP contribution in [0.5, 0.6) is 0 Å². The van der Waals surface area contributed by atoms with E-state index in [4.69, 9.17) is 10.8 Å². The lowest BCUT2D eigenvalue weighted by atomic mass is 9.87. The molecule has 0 aliphatic rings. The summed E-state index contributed by atoms with van der Waals surface area (Å²) in [7, 11) is 0. The molecule has 0 bridgehead atoms. The average Bonchev–Trinajstić information content (AvgIpc) is 2.27. The maximum atomic E-state index is 11.8. The van der Waals surface area contributed by atoms with E-state index >= 15 is 0 Å². The average molecular weight is 251 g/mol. The molecule has 1 amide bonds. The van der Waals surface area contributed by atoms with Gasteiger partial charge in [-0.3, -0.25) is 9.78 Å². The van der Waals surface area contributed by atoms with Gasteiger partial charge in [-0.1, -0.05) is 20.8 Å². The Kier molecular flexibility index (Phi) is 4.03. The minimum absolute atomic E-state index is 0.0112. The molecule has 0 saturated heterocycles. The summed E-state index contributed by atoms with van der Waals surface area (Å²) in [4.78, 5) is 26.3. The van der Waals surface area contributed by atoms with E-state index in [-0.39, 0.29) is 16.9 Å². The number of nitrogens with two attached hydrogens (primary N) is 1. The number of hydrogen-bond donors (Lipinski definition) is 3. The second-order valence-corrected chi connectivity index (χ2v) is 5.10. The molecule has 0 saturated carbocycles. The van der Waals surface area contributed by atoms with Gasteiger partial charge < -0.3 is 16.2 Å². The molecule has 0 aliphatic carbocycles. The second-order valence-electron chi connectivity index (χ2n) is 5.10. The van der Waals surface area contributed by atoms with E-state index < -0.39 is 12.0 Å². The van der Waals surface area contributed by atoms with Crippen LogP contribution in [0.4, 0.5) is 5.69 Å². The first-order valence-electron chi connectivity index (χ1n) is 5.46. The molecule has 0 radical (unpaired) electrons. The van der Waals surface area contributed by atoms with Gasteiger partial charge in [0.1, 0.15) is 0 Å². The van der Waals surface area contributed by atoms with Crippen LogP contribution in [0.1, 0.15) is 31.1 Å². The number of rotatable bonds is 3. The summed E-state index contributed by atoms with van der Waals surface area (Å²) in [6.07, 6.45) is 2.58. The maximum Gasteiger partial charge on any atom is 0.337 e. The highest BCUT2D eigenvalue weighted by Gasteiger charge is 2.27. The Morgan fingerprint density at radius 2 is 2.00 bits per heavy atom. The van der Waals surface area contributed by atoms with Crippen molar-refractivity contribution < 1.29 is 14.7 Å². The summed E-state index contributed by atoms with van der Waals surface area (Å²) < 4.78 is 0. The molecular weight excluding hydrogens is 234 g/mol. The first-order valence-corrected chi connectivity index (χ1v) is 5.46. The Hall–Kier alpha value is -1.95. The number of carboxylic acids is 1. The van der Waals surface area contributed by atoms with Crippen LogP contribution in [-0.2, 0) is 4.79 Å². The molecule has 1 rings (SSSR count). The van der Waals surface area contributed by atoms with Crippen molar-refractivity contribution >= 4 is 17.6 Å². The molecule has 6 heteroatoms. The van der Waals surface area contributed by atoms with Gasteiger partial charge in [0.2, 0.25) is 5.91 Å². The first kappa shape index (κ1) is 14.1. The molecule has 98 valence electrons. The van der Waals surface area contributed by atoms with Crippen LogP contribution in [0.3, 0.4) is 0 Å². The Labute approximate surface area is 105 Å². The molecule has 4 N–H and O–H groups in total. The number of hydrogen-bond acceptors (Lipinski definition) is 4. The molecule has 6 nitrogen and oxygen atoms in total. The zero-order valence-corrected chi connectivity index (χ0v) is 10.6. The minimum Gasteiger partial charge on any atom is -0.478 e. The lowest BCUT2D eigenvalue weighted by Crippen LogP contribution is -2.45. The van der Waals surface area contributed by atoms with Crippen LogP contribution < -0.4 is 11.1 Å². The van der Waals surface area contributed by atoms with Crippen LogP contribution in [0.25, 0.3) is 0 Å². The van der Waals surface area contributed by atoms with Crippen LogP contribution in [-0.4, -0.2) is 28.0 Å². The smallest absolute Gasteiger partial charge is 0.337 e. The van der Waals surface area contributed by atoms with Crippen molar-refractivity contribution in [1.82, 2.24) is 4.98 Å². The molecule has 18 heavy (non-hydrogen) atoms. The third kappa shape index (κ3) is 3.53. The number of nitrogens with one attached hydrogen (secondary N) is 1. The predicted octanol–water partition coefficient (Wildman–Crippen LogP) is 1.09. The molecule has 1 heterocycles. The summed E-state index contributed by atoms with van der Waals surface area (Å²) in [5.74, 6) is -1.47. The third-order valence-electron chi connectivity index (χ3n) is 2.47. The fourth-order valence-corrected chi connectivity index (χ4v) is 1.24. The standard InChI is InChI=1S/C12H17N3O3/c1-12(2,3)9(13)10(16)15-8-4-7(11(17)18)5-14-6-8/h4-6,9H,13H2,1-3H3,(H,15,16)(H,17,18)/t9-/m0/s1. The van der Waals surface area contributed by atoms with Gasteiger partial charge in [-0.15, -0.1) is 0 Å². The molecule has 0 unspecified atom stereocenters. The molecule has 0 fully saturated rings. The lowest BCUT2D eigenvalue weighted by Gasteiger charge is -2.25. The Morgan fingerprint density at radius 3 is 2.50 bits per heavy atom. The SMILES string of the molecule is CC(C)(C)[C@@H](N)C(=O)Nc1cncc(C(=O)O)c1. The topological polar surface area (TPSA) is 105 Å². The number of carboxylic acid groups (broad SMARTS) is 1. The highest BCUT2D eigenvalue weighted by molar-refractivity contribution is 5.96. The molecule has 1 aromatic heterocycles. The second kappa shape index (κ2) is 5.14. The number of aromatic carboxylic acids is 1. The molecule has 1 aromatic rings. The van der Waals surface area contributed by atoms with E-state index in [0.29, 0.717) is 5.69 Å². The Morgan fingerprint density at radius 1 is 1.39 bits per heavy atom. The number of anilines is 1. The van der Waals surface area contributed by atoms with Gasteiger partial charge in [-0.25, -0.2) is 4.79 Å². The van der Waals surface area contributed by atoms with E-state index in [1.54, 1.807) is 0 Å². The molecule has 1 atom stereocenters. The summed E-state index contributed by atoms with van der Waals surface area (Å²) in [6.45, 7) is 5.55. The van der Waals surface area contributed by atoms with Crippen molar-refractivity contribution in [3.63, 3.8) is 0 Å². The van der Waals surface area contributed by atoms with Crippen molar-refractivity contribution in [3.8, 4) is 0 Å².